The molecule has 0 aromatic rings. The summed E-state index contributed by atoms with van der Waals surface area (Å²) in [5, 5.41) is 0. The molecule has 23 heavy (non-hydrogen) atoms. The maximum absolute atomic E-state index is 11.4. The second-order valence-corrected chi connectivity index (χ2v) is 4.88. The van der Waals surface area contributed by atoms with Crippen LogP contribution in [0, 0.1) is 0 Å². The lowest BCUT2D eigenvalue weighted by Gasteiger charge is -2.17. The van der Waals surface area contributed by atoms with Crippen LogP contribution in [0.3, 0.4) is 0 Å². The van der Waals surface area contributed by atoms with Crippen molar-refractivity contribution >= 4 is 17.9 Å². The average Bonchev–Trinajstić information content (AvgIpc) is 2.51. The van der Waals surface area contributed by atoms with Crippen LogP contribution in [0.1, 0.15) is 33.6 Å². The van der Waals surface area contributed by atoms with Gasteiger partial charge in [-0.2, -0.15) is 0 Å². The molecule has 0 spiro atoms. The fraction of sp³-hybridized carbons (Fsp3) is 0.688. The first-order chi connectivity index (χ1) is 10.9. The van der Waals surface area contributed by atoms with Crippen molar-refractivity contribution in [1.82, 2.24) is 4.90 Å². The summed E-state index contributed by atoms with van der Waals surface area (Å²) < 4.78 is 14.7. The van der Waals surface area contributed by atoms with Gasteiger partial charge in [-0.1, -0.05) is 20.4 Å². The molecule has 0 radical (unpaired) electrons. The van der Waals surface area contributed by atoms with E-state index in [2.05, 4.69) is 11.5 Å². The smallest absolute Gasteiger partial charge is 0.333 e. The normalized spacial score (nSPS) is 10.3. The Balaban J connectivity index is 3.65. The van der Waals surface area contributed by atoms with Gasteiger partial charge in [-0.15, -0.1) is 0 Å². The number of carbonyl (C=O) groups excluding carboxylic acids is 3. The van der Waals surface area contributed by atoms with E-state index in [1.807, 2.05) is 13.8 Å². The first kappa shape index (κ1) is 21.1. The summed E-state index contributed by atoms with van der Waals surface area (Å²) >= 11 is 0. The number of carbonyl (C=O) groups is 3. The number of esters is 3. The highest BCUT2D eigenvalue weighted by molar-refractivity contribution is 5.87. The Morgan fingerprint density at radius 2 is 1.35 bits per heavy atom. The minimum absolute atomic E-state index is 0.00947. The predicted molar refractivity (Wildman–Crippen MR) is 84.7 cm³/mol. The first-order valence-corrected chi connectivity index (χ1v) is 7.76. The molecule has 0 fully saturated rings. The molecule has 0 unspecified atom stereocenters. The van der Waals surface area contributed by atoms with Crippen molar-refractivity contribution < 1.29 is 28.6 Å². The van der Waals surface area contributed by atoms with Crippen molar-refractivity contribution in [3.8, 4) is 0 Å². The molecular formula is C16H27NO6. The highest BCUT2D eigenvalue weighted by Crippen LogP contribution is 1.96. The van der Waals surface area contributed by atoms with Gasteiger partial charge in [0, 0.05) is 12.1 Å². The van der Waals surface area contributed by atoms with Gasteiger partial charge < -0.3 is 19.1 Å². The lowest BCUT2D eigenvalue weighted by molar-refractivity contribution is -0.150. The molecule has 0 aromatic carbocycles. The molecule has 7 nitrogen and oxygen atoms in total. The van der Waals surface area contributed by atoms with Crippen molar-refractivity contribution in [3.63, 3.8) is 0 Å². The second-order valence-electron chi connectivity index (χ2n) is 4.88. The molecule has 0 saturated heterocycles. The van der Waals surface area contributed by atoms with E-state index in [0.29, 0.717) is 13.2 Å². The summed E-state index contributed by atoms with van der Waals surface area (Å²) in [6, 6.07) is 0. The Kier molecular flexibility index (Phi) is 11.6. The molecule has 0 heterocycles. The van der Waals surface area contributed by atoms with Crippen molar-refractivity contribution in [2.24, 2.45) is 0 Å². The van der Waals surface area contributed by atoms with Crippen LogP contribution >= 0.6 is 0 Å². The second kappa shape index (κ2) is 12.6. The molecular weight excluding hydrogens is 302 g/mol. The Morgan fingerprint density at radius 1 is 0.870 bits per heavy atom. The number of hydrogen-bond acceptors (Lipinski definition) is 7. The fourth-order valence-electron chi connectivity index (χ4n) is 1.57. The topological polar surface area (TPSA) is 82.1 Å². The zero-order valence-electron chi connectivity index (χ0n) is 14.3. The number of likely N-dealkylation sites (N-methyl/N-ethyl adjacent to an activating group) is 1. The van der Waals surface area contributed by atoms with Gasteiger partial charge in [0.15, 0.2) is 0 Å². The quantitative estimate of drug-likeness (QED) is 0.303. The summed E-state index contributed by atoms with van der Waals surface area (Å²) in [6.45, 7) is 11.7. The molecule has 0 rings (SSSR count). The van der Waals surface area contributed by atoms with Crippen LogP contribution < -0.4 is 0 Å². The zero-order valence-corrected chi connectivity index (χ0v) is 14.3. The Bertz CT molecular complexity index is 403. The van der Waals surface area contributed by atoms with Gasteiger partial charge in [-0.25, -0.2) is 4.79 Å². The number of ether oxygens (including phenoxy) is 3. The third-order valence-electron chi connectivity index (χ3n) is 3.02. The van der Waals surface area contributed by atoms with Gasteiger partial charge in [0.1, 0.15) is 19.8 Å². The standard InChI is InChI=1S/C16H27NO6/c1-5-17(6-2)9-12-22-15(19)7-10-21-14(18)8-11-23-16(20)13(3)4/h3,5-12H2,1-2,4H3. The molecule has 0 aliphatic carbocycles. The van der Waals surface area contributed by atoms with Gasteiger partial charge in [-0.3, -0.25) is 9.59 Å². The van der Waals surface area contributed by atoms with Gasteiger partial charge >= 0.3 is 17.9 Å². The molecule has 0 saturated carbocycles. The van der Waals surface area contributed by atoms with E-state index in [1.165, 1.54) is 6.92 Å². The van der Waals surface area contributed by atoms with Crippen LogP contribution in [0.2, 0.25) is 0 Å². The maximum atomic E-state index is 11.4. The molecule has 0 N–H and O–H groups in total. The number of rotatable bonds is 12. The Hall–Kier alpha value is -1.89. The van der Waals surface area contributed by atoms with E-state index in [9.17, 15) is 14.4 Å². The molecule has 0 amide bonds. The van der Waals surface area contributed by atoms with Crippen LogP contribution in [-0.4, -0.2) is 62.3 Å². The van der Waals surface area contributed by atoms with Crippen molar-refractivity contribution in [2.75, 3.05) is 39.5 Å². The molecule has 0 bridgehead atoms. The summed E-state index contributed by atoms with van der Waals surface area (Å²) in [4.78, 5) is 36.0. The largest absolute Gasteiger partial charge is 0.465 e. The molecule has 0 aliphatic heterocycles. The van der Waals surface area contributed by atoms with E-state index >= 15 is 0 Å². The first-order valence-electron chi connectivity index (χ1n) is 7.76. The van der Waals surface area contributed by atoms with Crippen LogP contribution in [0.5, 0.6) is 0 Å². The SMILES string of the molecule is C=C(C)C(=O)OCCC(=O)OCCC(=O)OCCN(CC)CC. The predicted octanol–water partition coefficient (Wildman–Crippen LogP) is 1.31. The lowest BCUT2D eigenvalue weighted by atomic mass is 10.3. The third-order valence-corrected chi connectivity index (χ3v) is 3.02. The number of hydrogen-bond donors (Lipinski definition) is 0. The monoisotopic (exact) mass is 329 g/mol. The molecule has 0 aliphatic rings. The van der Waals surface area contributed by atoms with Gasteiger partial charge in [-0.05, 0) is 20.0 Å². The Morgan fingerprint density at radius 3 is 1.83 bits per heavy atom. The summed E-state index contributed by atoms with van der Waals surface area (Å²) in [6.07, 6.45) is -0.0500. The molecule has 132 valence electrons. The van der Waals surface area contributed by atoms with Crippen LogP contribution in [0.4, 0.5) is 0 Å². The zero-order chi connectivity index (χ0) is 17.7. The van der Waals surface area contributed by atoms with E-state index in [1.54, 1.807) is 0 Å². The van der Waals surface area contributed by atoms with Gasteiger partial charge in [0.2, 0.25) is 0 Å². The van der Waals surface area contributed by atoms with Gasteiger partial charge in [0.05, 0.1) is 12.8 Å². The number of nitrogens with zero attached hydrogens (tertiary/aromatic N) is 1. The summed E-state index contributed by atoms with van der Waals surface area (Å²) in [5.41, 5.74) is 0.269. The lowest BCUT2D eigenvalue weighted by Crippen LogP contribution is -2.28. The van der Waals surface area contributed by atoms with Crippen molar-refractivity contribution in [1.29, 1.82) is 0 Å². The van der Waals surface area contributed by atoms with E-state index in [0.717, 1.165) is 13.1 Å². The summed E-state index contributed by atoms with van der Waals surface area (Å²) in [7, 11) is 0. The maximum Gasteiger partial charge on any atom is 0.333 e. The highest BCUT2D eigenvalue weighted by Gasteiger charge is 2.09. The highest BCUT2D eigenvalue weighted by atomic mass is 16.6. The van der Waals surface area contributed by atoms with Crippen molar-refractivity contribution in [2.45, 2.75) is 33.6 Å². The van der Waals surface area contributed by atoms with E-state index in [4.69, 9.17) is 14.2 Å². The van der Waals surface area contributed by atoms with Crippen LogP contribution in [0.15, 0.2) is 12.2 Å². The van der Waals surface area contributed by atoms with Crippen LogP contribution in [-0.2, 0) is 28.6 Å². The van der Waals surface area contributed by atoms with E-state index in [-0.39, 0.29) is 31.6 Å². The summed E-state index contributed by atoms with van der Waals surface area (Å²) in [5.74, 6) is -1.48. The third kappa shape index (κ3) is 11.3. The molecule has 7 heteroatoms. The van der Waals surface area contributed by atoms with Crippen molar-refractivity contribution in [3.05, 3.63) is 12.2 Å². The fourth-order valence-corrected chi connectivity index (χ4v) is 1.57. The minimum Gasteiger partial charge on any atom is -0.465 e. The van der Waals surface area contributed by atoms with E-state index < -0.39 is 17.9 Å². The van der Waals surface area contributed by atoms with Gasteiger partial charge in [0.25, 0.3) is 0 Å². The molecule has 0 atom stereocenters. The Labute approximate surface area is 137 Å². The van der Waals surface area contributed by atoms with Crippen LogP contribution in [0.25, 0.3) is 0 Å². The minimum atomic E-state index is -0.547. The molecule has 0 aromatic heterocycles. The average molecular weight is 329 g/mol.